The van der Waals surface area contributed by atoms with Crippen molar-refractivity contribution in [3.05, 3.63) is 47.2 Å². The Labute approximate surface area is 248 Å². The number of fused-ring (bicyclic) bond motifs is 2. The number of ether oxygens (including phenoxy) is 1. The Morgan fingerprint density at radius 1 is 1.27 bits per heavy atom. The van der Waals surface area contributed by atoms with Crippen LogP contribution in [0, 0.1) is 11.3 Å². The SMILES string of the molecule is CC(C)Oc1ncc(-c2nsc(-c3cccc4c3CCC43CC(=O)N(CCO[Si](C)(C)C(C)(C)C)C3)n2)cc1C#N. The van der Waals surface area contributed by atoms with Crippen LogP contribution in [0.5, 0.6) is 5.88 Å². The zero-order chi connectivity index (χ0) is 29.6. The lowest BCUT2D eigenvalue weighted by Gasteiger charge is -2.36. The Kier molecular flexibility index (Phi) is 7.83. The molecule has 3 heterocycles. The van der Waals surface area contributed by atoms with E-state index in [1.165, 1.54) is 22.7 Å². The van der Waals surface area contributed by atoms with Gasteiger partial charge >= 0.3 is 0 Å². The Hall–Kier alpha value is -3.13. The molecular formula is C31H39N5O3SSi. The predicted molar refractivity (Wildman–Crippen MR) is 163 cm³/mol. The van der Waals surface area contributed by atoms with Crippen molar-refractivity contribution in [1.82, 2.24) is 19.2 Å². The molecule has 1 atom stereocenters. The van der Waals surface area contributed by atoms with Gasteiger partial charge in [-0.2, -0.15) is 9.64 Å². The summed E-state index contributed by atoms with van der Waals surface area (Å²) in [7, 11) is -1.85. The number of carbonyl (C=O) groups excluding carboxylic acids is 1. The highest BCUT2D eigenvalue weighted by molar-refractivity contribution is 7.09. The summed E-state index contributed by atoms with van der Waals surface area (Å²) >= 11 is 1.35. The van der Waals surface area contributed by atoms with E-state index < -0.39 is 8.32 Å². The van der Waals surface area contributed by atoms with Gasteiger partial charge in [0.15, 0.2) is 14.1 Å². The first kappa shape index (κ1) is 29.4. The van der Waals surface area contributed by atoms with Crippen molar-refractivity contribution in [3.63, 3.8) is 0 Å². The maximum atomic E-state index is 13.2. The van der Waals surface area contributed by atoms with Crippen molar-refractivity contribution in [1.29, 1.82) is 5.26 Å². The molecule has 10 heteroatoms. The first-order valence-electron chi connectivity index (χ1n) is 14.3. The van der Waals surface area contributed by atoms with Crippen molar-refractivity contribution < 1.29 is 14.0 Å². The summed E-state index contributed by atoms with van der Waals surface area (Å²) < 4.78 is 16.6. The lowest BCUT2D eigenvalue weighted by molar-refractivity contribution is -0.128. The van der Waals surface area contributed by atoms with Gasteiger partial charge in [-0.25, -0.2) is 9.97 Å². The van der Waals surface area contributed by atoms with Gasteiger partial charge < -0.3 is 14.1 Å². The van der Waals surface area contributed by atoms with Crippen LogP contribution in [-0.2, 0) is 21.1 Å². The van der Waals surface area contributed by atoms with Gasteiger partial charge in [0.1, 0.15) is 16.6 Å². The molecule has 2 aliphatic rings. The van der Waals surface area contributed by atoms with Gasteiger partial charge in [0.2, 0.25) is 11.8 Å². The number of carbonyl (C=O) groups is 1. The second kappa shape index (κ2) is 10.9. The zero-order valence-corrected chi connectivity index (χ0v) is 26.9. The molecule has 1 spiro atoms. The number of pyridine rings is 1. The van der Waals surface area contributed by atoms with Crippen LogP contribution in [0.3, 0.4) is 0 Å². The number of nitrogens with zero attached hydrogens (tertiary/aromatic N) is 5. The topological polar surface area (TPSA) is 101 Å². The lowest BCUT2D eigenvalue weighted by Crippen LogP contribution is -2.43. The van der Waals surface area contributed by atoms with Gasteiger partial charge in [-0.15, -0.1) is 0 Å². The Morgan fingerprint density at radius 2 is 2.05 bits per heavy atom. The molecule has 41 heavy (non-hydrogen) atoms. The van der Waals surface area contributed by atoms with Gasteiger partial charge in [-0.3, -0.25) is 4.79 Å². The third-order valence-corrected chi connectivity index (χ3v) is 14.1. The fourth-order valence-corrected chi connectivity index (χ4v) is 7.33. The maximum absolute atomic E-state index is 13.2. The van der Waals surface area contributed by atoms with Crippen LogP contribution in [0.15, 0.2) is 30.5 Å². The molecule has 0 saturated carbocycles. The average Bonchev–Trinajstić information content (AvgIpc) is 3.61. The van der Waals surface area contributed by atoms with Crippen LogP contribution in [0.1, 0.15) is 64.2 Å². The van der Waals surface area contributed by atoms with E-state index in [0.29, 0.717) is 42.4 Å². The molecule has 216 valence electrons. The van der Waals surface area contributed by atoms with Crippen molar-refractivity contribution >= 4 is 25.8 Å². The van der Waals surface area contributed by atoms with Crippen molar-refractivity contribution in [2.75, 3.05) is 19.7 Å². The summed E-state index contributed by atoms with van der Waals surface area (Å²) in [6.07, 6.45) is 3.97. The predicted octanol–water partition coefficient (Wildman–Crippen LogP) is 6.36. The summed E-state index contributed by atoms with van der Waals surface area (Å²) in [4.78, 5) is 24.4. The third kappa shape index (κ3) is 5.68. The number of rotatable bonds is 8. The number of nitriles is 1. The smallest absolute Gasteiger partial charge is 0.231 e. The van der Waals surface area contributed by atoms with Gasteiger partial charge in [0, 0.05) is 42.2 Å². The molecule has 1 amide bonds. The summed E-state index contributed by atoms with van der Waals surface area (Å²) in [5.41, 5.74) is 4.48. The zero-order valence-electron chi connectivity index (χ0n) is 25.1. The molecule has 5 rings (SSSR count). The van der Waals surface area contributed by atoms with Crippen LogP contribution in [0.2, 0.25) is 18.1 Å². The first-order valence-corrected chi connectivity index (χ1v) is 18.0. The molecule has 1 aliphatic heterocycles. The number of hydrogen-bond acceptors (Lipinski definition) is 8. The standard InChI is InChI=1S/C31H39N5O3SSi/c1-20(2)39-28-21(17-32)15-22(18-33-28)27-34-29(40-35-27)24-9-8-10-25-23(24)11-12-31(25)16-26(37)36(19-31)13-14-38-41(6,7)30(3,4)5/h8-10,15,18,20H,11-14,16,19H2,1-7H3. The largest absolute Gasteiger partial charge is 0.474 e. The number of likely N-dealkylation sites (tertiary alicyclic amines) is 1. The normalized spacial score (nSPS) is 18.8. The molecule has 3 aromatic rings. The van der Waals surface area contributed by atoms with E-state index in [9.17, 15) is 10.1 Å². The molecule has 8 nitrogen and oxygen atoms in total. The van der Waals surface area contributed by atoms with Crippen molar-refractivity contribution in [3.8, 4) is 33.9 Å². The highest BCUT2D eigenvalue weighted by Gasteiger charge is 2.48. The minimum Gasteiger partial charge on any atom is -0.474 e. The van der Waals surface area contributed by atoms with Crippen LogP contribution >= 0.6 is 11.5 Å². The van der Waals surface area contributed by atoms with Crippen LogP contribution in [0.25, 0.3) is 22.0 Å². The monoisotopic (exact) mass is 589 g/mol. The number of hydrogen-bond donors (Lipinski definition) is 0. The number of amides is 1. The Balaban J connectivity index is 1.35. The summed E-state index contributed by atoms with van der Waals surface area (Å²) in [5, 5.41) is 10.6. The van der Waals surface area contributed by atoms with E-state index in [2.05, 4.69) is 67.5 Å². The van der Waals surface area contributed by atoms with Gasteiger partial charge in [-0.05, 0) is 73.5 Å². The second-order valence-corrected chi connectivity index (χ2v) is 18.6. The highest BCUT2D eigenvalue weighted by atomic mass is 32.1. The molecule has 1 aromatic carbocycles. The number of aromatic nitrogens is 3. The lowest BCUT2D eigenvalue weighted by atomic mass is 9.80. The number of benzene rings is 1. The Bertz CT molecular complexity index is 1510. The molecule has 1 unspecified atom stereocenters. The molecule has 1 fully saturated rings. The Morgan fingerprint density at radius 3 is 2.76 bits per heavy atom. The van der Waals surface area contributed by atoms with Gasteiger partial charge in [0.25, 0.3) is 0 Å². The van der Waals surface area contributed by atoms with E-state index in [1.807, 2.05) is 18.7 Å². The third-order valence-electron chi connectivity index (χ3n) is 8.80. The maximum Gasteiger partial charge on any atom is 0.231 e. The summed E-state index contributed by atoms with van der Waals surface area (Å²) in [6.45, 7) is 17.0. The highest BCUT2D eigenvalue weighted by Crippen LogP contribution is 2.49. The fraction of sp³-hybridized carbons (Fsp3) is 0.516. The quantitative estimate of drug-likeness (QED) is 0.282. The van der Waals surface area contributed by atoms with Crippen LogP contribution in [0.4, 0.5) is 0 Å². The van der Waals surface area contributed by atoms with Gasteiger partial charge in [0.05, 0.1) is 12.7 Å². The molecular weight excluding hydrogens is 551 g/mol. The summed E-state index contributed by atoms with van der Waals surface area (Å²) in [6, 6.07) is 10.3. The average molecular weight is 590 g/mol. The van der Waals surface area contributed by atoms with E-state index in [1.54, 1.807) is 12.3 Å². The van der Waals surface area contributed by atoms with Crippen LogP contribution < -0.4 is 4.74 Å². The molecule has 1 aliphatic carbocycles. The first-order chi connectivity index (χ1) is 19.3. The van der Waals surface area contributed by atoms with Crippen molar-refractivity contribution in [2.24, 2.45) is 0 Å². The van der Waals surface area contributed by atoms with Crippen molar-refractivity contribution in [2.45, 2.75) is 83.5 Å². The molecule has 1 saturated heterocycles. The molecule has 0 bridgehead atoms. The van der Waals surface area contributed by atoms with Crippen LogP contribution in [-0.4, -0.2) is 59.3 Å². The summed E-state index contributed by atoms with van der Waals surface area (Å²) in [5.74, 6) is 1.07. The van der Waals surface area contributed by atoms with E-state index in [0.717, 1.165) is 30.0 Å². The molecule has 2 aromatic heterocycles. The minimum absolute atomic E-state index is 0.0780. The second-order valence-electron chi connectivity index (χ2n) is 13.0. The molecule has 0 N–H and O–H groups in total. The minimum atomic E-state index is -1.85. The molecule has 0 radical (unpaired) electrons. The van der Waals surface area contributed by atoms with E-state index in [-0.39, 0.29) is 22.5 Å². The van der Waals surface area contributed by atoms with Gasteiger partial charge in [-0.1, -0.05) is 39.0 Å². The van der Waals surface area contributed by atoms with E-state index >= 15 is 0 Å². The fourth-order valence-electron chi connectivity index (χ4n) is 5.56. The van der Waals surface area contributed by atoms with E-state index in [4.69, 9.17) is 14.1 Å².